The molecule has 3 aromatic carbocycles. The third-order valence-electron chi connectivity index (χ3n) is 5.74. The lowest BCUT2D eigenvalue weighted by atomic mass is 10.1. The van der Waals surface area contributed by atoms with Crippen molar-refractivity contribution >= 4 is 31.5 Å². The third-order valence-corrected chi connectivity index (χ3v) is 8.38. The van der Waals surface area contributed by atoms with Crippen molar-refractivity contribution in [1.29, 1.82) is 0 Å². The van der Waals surface area contributed by atoms with Gasteiger partial charge in [-0.05, 0) is 80.3 Å². The maximum Gasteiger partial charge on any atom is 0.262 e. The molecule has 0 radical (unpaired) electrons. The van der Waals surface area contributed by atoms with E-state index in [1.54, 1.807) is 50.2 Å². The van der Waals surface area contributed by atoms with E-state index in [9.17, 15) is 21.6 Å². The standard InChI is InChI=1S/C25H28N2O5S2/c1-16-7-6-8-23(18(16)3)27-34(31,32)24-15-21(10-9-17(24)2)25(28)26-19(4)20-11-13-22(14-12-20)33(5,29)30/h6-15,19,27H,1-5H3,(H,26,28)/t19-/m1/s1. The molecular weight excluding hydrogens is 472 g/mol. The van der Waals surface area contributed by atoms with Gasteiger partial charge in [-0.1, -0.05) is 30.3 Å². The van der Waals surface area contributed by atoms with Gasteiger partial charge in [-0.3, -0.25) is 9.52 Å². The lowest BCUT2D eigenvalue weighted by Crippen LogP contribution is -2.27. The molecule has 0 saturated carbocycles. The number of sulfonamides is 1. The molecule has 0 fully saturated rings. The highest BCUT2D eigenvalue weighted by Gasteiger charge is 2.21. The average Bonchev–Trinajstić information content (AvgIpc) is 2.76. The van der Waals surface area contributed by atoms with Gasteiger partial charge in [0.25, 0.3) is 15.9 Å². The molecule has 2 N–H and O–H groups in total. The average molecular weight is 501 g/mol. The molecule has 0 aliphatic carbocycles. The molecule has 0 bridgehead atoms. The van der Waals surface area contributed by atoms with Crippen LogP contribution >= 0.6 is 0 Å². The minimum atomic E-state index is -3.93. The fourth-order valence-corrected chi connectivity index (χ4v) is 5.48. The van der Waals surface area contributed by atoms with E-state index < -0.39 is 31.8 Å². The van der Waals surface area contributed by atoms with Gasteiger partial charge in [0, 0.05) is 11.8 Å². The number of benzene rings is 3. The summed E-state index contributed by atoms with van der Waals surface area (Å²) in [6, 6.07) is 15.7. The summed E-state index contributed by atoms with van der Waals surface area (Å²) < 4.78 is 52.2. The summed E-state index contributed by atoms with van der Waals surface area (Å²) in [5, 5.41) is 2.83. The van der Waals surface area contributed by atoms with Crippen molar-refractivity contribution in [1.82, 2.24) is 5.32 Å². The number of amides is 1. The Balaban J connectivity index is 1.83. The molecule has 34 heavy (non-hydrogen) atoms. The van der Waals surface area contributed by atoms with Crippen LogP contribution in [0.15, 0.2) is 70.5 Å². The molecule has 0 heterocycles. The Labute approximate surface area is 201 Å². The smallest absolute Gasteiger partial charge is 0.262 e. The van der Waals surface area contributed by atoms with Crippen LogP contribution in [0, 0.1) is 20.8 Å². The van der Waals surface area contributed by atoms with Crippen LogP contribution in [-0.2, 0) is 19.9 Å². The molecule has 3 rings (SSSR count). The first-order chi connectivity index (χ1) is 15.8. The Morgan fingerprint density at radius 1 is 0.853 bits per heavy atom. The number of aryl methyl sites for hydroxylation is 2. The number of carbonyl (C=O) groups is 1. The first-order valence-electron chi connectivity index (χ1n) is 10.6. The van der Waals surface area contributed by atoms with Gasteiger partial charge in [0.15, 0.2) is 9.84 Å². The summed E-state index contributed by atoms with van der Waals surface area (Å²) in [6.45, 7) is 7.18. The van der Waals surface area contributed by atoms with Gasteiger partial charge in [0.2, 0.25) is 0 Å². The van der Waals surface area contributed by atoms with Crippen LogP contribution in [0.1, 0.15) is 45.6 Å². The third kappa shape index (κ3) is 5.66. The van der Waals surface area contributed by atoms with Crippen molar-refractivity contribution in [2.24, 2.45) is 0 Å². The SMILES string of the molecule is Cc1ccc(C(=O)N[C@H](C)c2ccc(S(C)(=O)=O)cc2)cc1S(=O)(=O)Nc1cccc(C)c1C. The quantitative estimate of drug-likeness (QED) is 0.503. The summed E-state index contributed by atoms with van der Waals surface area (Å²) in [5.41, 5.74) is 3.71. The van der Waals surface area contributed by atoms with Gasteiger partial charge in [0.1, 0.15) is 0 Å². The zero-order valence-electron chi connectivity index (χ0n) is 19.7. The van der Waals surface area contributed by atoms with E-state index in [0.29, 0.717) is 11.3 Å². The fraction of sp³-hybridized carbons (Fsp3) is 0.240. The lowest BCUT2D eigenvalue weighted by molar-refractivity contribution is 0.0939. The second kappa shape index (κ2) is 9.60. The van der Waals surface area contributed by atoms with Gasteiger partial charge >= 0.3 is 0 Å². The summed E-state index contributed by atoms with van der Waals surface area (Å²) in [5.74, 6) is -0.442. The predicted molar refractivity (Wildman–Crippen MR) is 133 cm³/mol. The van der Waals surface area contributed by atoms with Crippen LogP contribution in [0.4, 0.5) is 5.69 Å². The van der Waals surface area contributed by atoms with Crippen molar-refractivity contribution < 1.29 is 21.6 Å². The molecule has 0 aromatic heterocycles. The van der Waals surface area contributed by atoms with E-state index in [4.69, 9.17) is 0 Å². The van der Waals surface area contributed by atoms with Crippen molar-refractivity contribution in [3.05, 3.63) is 88.5 Å². The number of anilines is 1. The molecule has 1 amide bonds. The molecule has 0 spiro atoms. The number of nitrogens with one attached hydrogen (secondary N) is 2. The van der Waals surface area contributed by atoms with Gasteiger partial charge in [-0.2, -0.15) is 0 Å². The highest BCUT2D eigenvalue weighted by atomic mass is 32.2. The molecule has 0 unspecified atom stereocenters. The zero-order valence-corrected chi connectivity index (χ0v) is 21.3. The summed E-state index contributed by atoms with van der Waals surface area (Å²) in [4.78, 5) is 13.1. The summed E-state index contributed by atoms with van der Waals surface area (Å²) >= 11 is 0. The summed E-state index contributed by atoms with van der Waals surface area (Å²) in [6.07, 6.45) is 1.13. The summed E-state index contributed by atoms with van der Waals surface area (Å²) in [7, 11) is -7.24. The van der Waals surface area contributed by atoms with E-state index in [1.807, 2.05) is 19.9 Å². The molecule has 7 nitrogen and oxygen atoms in total. The first kappa shape index (κ1) is 25.5. The van der Waals surface area contributed by atoms with Crippen LogP contribution in [0.25, 0.3) is 0 Å². The van der Waals surface area contributed by atoms with Crippen LogP contribution in [0.3, 0.4) is 0 Å². The lowest BCUT2D eigenvalue weighted by Gasteiger charge is -2.17. The fourth-order valence-electron chi connectivity index (χ4n) is 3.46. The number of hydrogen-bond acceptors (Lipinski definition) is 5. The van der Waals surface area contributed by atoms with Crippen LogP contribution in [-0.4, -0.2) is 29.0 Å². The van der Waals surface area contributed by atoms with E-state index in [-0.39, 0.29) is 15.4 Å². The van der Waals surface area contributed by atoms with E-state index in [2.05, 4.69) is 10.0 Å². The van der Waals surface area contributed by atoms with Gasteiger partial charge in [-0.15, -0.1) is 0 Å². The van der Waals surface area contributed by atoms with Crippen molar-refractivity contribution in [2.45, 2.75) is 43.5 Å². The van der Waals surface area contributed by atoms with Crippen LogP contribution < -0.4 is 10.0 Å². The number of carbonyl (C=O) groups excluding carboxylic acids is 1. The molecule has 3 aromatic rings. The predicted octanol–water partition coefficient (Wildman–Crippen LogP) is 4.31. The van der Waals surface area contributed by atoms with Crippen LogP contribution in [0.5, 0.6) is 0 Å². The minimum Gasteiger partial charge on any atom is -0.346 e. The normalized spacial score (nSPS) is 12.7. The molecule has 9 heteroatoms. The topological polar surface area (TPSA) is 109 Å². The van der Waals surface area contributed by atoms with Gasteiger partial charge in [0.05, 0.1) is 21.5 Å². The molecule has 0 saturated heterocycles. The molecule has 1 atom stereocenters. The molecule has 0 aliphatic heterocycles. The molecule has 0 aliphatic rings. The number of rotatable bonds is 7. The first-order valence-corrected chi connectivity index (χ1v) is 14.0. The van der Waals surface area contributed by atoms with Crippen molar-refractivity contribution in [2.75, 3.05) is 11.0 Å². The second-order valence-electron chi connectivity index (χ2n) is 8.37. The van der Waals surface area contributed by atoms with E-state index >= 15 is 0 Å². The van der Waals surface area contributed by atoms with Crippen molar-refractivity contribution in [3.63, 3.8) is 0 Å². The van der Waals surface area contributed by atoms with E-state index in [0.717, 1.165) is 22.9 Å². The second-order valence-corrected chi connectivity index (χ2v) is 12.0. The highest BCUT2D eigenvalue weighted by molar-refractivity contribution is 7.92. The molecular formula is C25H28N2O5S2. The molecule has 180 valence electrons. The van der Waals surface area contributed by atoms with Gasteiger partial charge < -0.3 is 5.32 Å². The van der Waals surface area contributed by atoms with Crippen LogP contribution in [0.2, 0.25) is 0 Å². The van der Waals surface area contributed by atoms with E-state index in [1.165, 1.54) is 18.2 Å². The Kier molecular flexibility index (Phi) is 7.18. The van der Waals surface area contributed by atoms with Crippen molar-refractivity contribution in [3.8, 4) is 0 Å². The van der Waals surface area contributed by atoms with Gasteiger partial charge in [-0.25, -0.2) is 16.8 Å². The largest absolute Gasteiger partial charge is 0.346 e. The maximum atomic E-state index is 13.1. The minimum absolute atomic E-state index is 0.0196. The number of sulfone groups is 1. The zero-order chi connectivity index (χ0) is 25.3. The Bertz CT molecular complexity index is 1450. The Morgan fingerprint density at radius 3 is 2.12 bits per heavy atom. The maximum absolute atomic E-state index is 13.1. The Morgan fingerprint density at radius 2 is 1.50 bits per heavy atom. The monoisotopic (exact) mass is 500 g/mol. The number of hydrogen-bond donors (Lipinski definition) is 2. The Hall–Kier alpha value is -3.17. The highest BCUT2D eigenvalue weighted by Crippen LogP contribution is 2.25.